The van der Waals surface area contributed by atoms with Gasteiger partial charge in [0, 0.05) is 6.54 Å². The van der Waals surface area contributed by atoms with Gasteiger partial charge in [0.15, 0.2) is 0 Å². The van der Waals surface area contributed by atoms with Crippen LogP contribution in [0.25, 0.3) is 0 Å². The van der Waals surface area contributed by atoms with Crippen LogP contribution in [-0.4, -0.2) is 24.2 Å². The number of nitrogens with one attached hydrogen (secondary N) is 1. The second-order valence-electron chi connectivity index (χ2n) is 4.69. The molecule has 0 aliphatic rings. The zero-order valence-corrected chi connectivity index (χ0v) is 10.1. The summed E-state index contributed by atoms with van der Waals surface area (Å²) in [5.41, 5.74) is -0.464. The van der Waals surface area contributed by atoms with Crippen molar-refractivity contribution in [1.29, 1.82) is 5.26 Å². The predicted molar refractivity (Wildman–Crippen MR) is 58.1 cm³/mol. The first kappa shape index (κ1) is 13.9. The fourth-order valence-corrected chi connectivity index (χ4v) is 0.873. The lowest BCUT2D eigenvalue weighted by atomic mass is 10.2. The van der Waals surface area contributed by atoms with Gasteiger partial charge in [-0.05, 0) is 34.6 Å². The zero-order valence-electron chi connectivity index (χ0n) is 10.1. The highest BCUT2D eigenvalue weighted by Gasteiger charge is 2.21. The van der Waals surface area contributed by atoms with E-state index in [2.05, 4.69) is 11.4 Å². The van der Waals surface area contributed by atoms with E-state index in [9.17, 15) is 4.79 Å². The Kier molecular flexibility index (Phi) is 5.31. The minimum absolute atomic E-state index is 0.102. The van der Waals surface area contributed by atoms with Gasteiger partial charge in [-0.15, -0.1) is 0 Å². The quantitative estimate of drug-likeness (QED) is 0.717. The summed E-state index contributed by atoms with van der Waals surface area (Å²) in [5, 5.41) is 11.5. The Labute approximate surface area is 91.6 Å². The number of ether oxygens (including phenoxy) is 1. The molecule has 4 heteroatoms. The average molecular weight is 212 g/mol. The van der Waals surface area contributed by atoms with Crippen LogP contribution in [0.5, 0.6) is 0 Å². The molecule has 0 fully saturated rings. The minimum Gasteiger partial charge on any atom is -0.459 e. The second-order valence-corrected chi connectivity index (χ2v) is 4.69. The normalized spacial score (nSPS) is 15.2. The maximum Gasteiger partial charge on any atom is 0.323 e. The molecule has 0 radical (unpaired) electrons. The summed E-state index contributed by atoms with van der Waals surface area (Å²) in [4.78, 5) is 11.5. The van der Waals surface area contributed by atoms with Gasteiger partial charge in [0.05, 0.1) is 12.0 Å². The second kappa shape index (κ2) is 5.72. The van der Waals surface area contributed by atoms with Gasteiger partial charge in [0.2, 0.25) is 0 Å². The van der Waals surface area contributed by atoms with Gasteiger partial charge in [0.25, 0.3) is 0 Å². The van der Waals surface area contributed by atoms with Gasteiger partial charge in [-0.3, -0.25) is 4.79 Å². The molecule has 0 rings (SSSR count). The molecule has 1 unspecified atom stereocenters. The van der Waals surface area contributed by atoms with Crippen molar-refractivity contribution in [3.8, 4) is 6.07 Å². The standard InChI is InChI=1S/C11H20N2O2/c1-8(6-12)7-13-9(2)10(14)15-11(3,4)5/h8-9,13H,7H2,1-5H3/t8?,9-/m0/s1. The van der Waals surface area contributed by atoms with E-state index in [0.29, 0.717) is 6.54 Å². The first-order valence-corrected chi connectivity index (χ1v) is 5.12. The number of nitrogens with zero attached hydrogens (tertiary/aromatic N) is 1. The van der Waals surface area contributed by atoms with Crippen molar-refractivity contribution in [2.45, 2.75) is 46.3 Å². The number of rotatable bonds is 4. The summed E-state index contributed by atoms with van der Waals surface area (Å²) in [6.07, 6.45) is 0. The highest BCUT2D eigenvalue weighted by Crippen LogP contribution is 2.08. The summed E-state index contributed by atoms with van der Waals surface area (Å²) in [5.74, 6) is -0.387. The number of esters is 1. The van der Waals surface area contributed by atoms with Crippen molar-refractivity contribution in [3.63, 3.8) is 0 Å². The third-order valence-corrected chi connectivity index (χ3v) is 1.71. The van der Waals surface area contributed by atoms with Crippen molar-refractivity contribution in [3.05, 3.63) is 0 Å². The Morgan fingerprint density at radius 1 is 1.47 bits per heavy atom. The molecule has 0 saturated heterocycles. The summed E-state index contributed by atoms with van der Waals surface area (Å²) >= 11 is 0. The van der Waals surface area contributed by atoms with Gasteiger partial charge in [0.1, 0.15) is 11.6 Å². The Hall–Kier alpha value is -1.08. The highest BCUT2D eigenvalue weighted by molar-refractivity contribution is 5.75. The monoisotopic (exact) mass is 212 g/mol. The van der Waals surface area contributed by atoms with Crippen molar-refractivity contribution in [2.75, 3.05) is 6.54 Å². The number of hydrogen-bond acceptors (Lipinski definition) is 4. The van der Waals surface area contributed by atoms with Gasteiger partial charge in [-0.1, -0.05) is 0 Å². The SMILES string of the molecule is CC(C#N)CN[C@@H](C)C(=O)OC(C)(C)C. The Morgan fingerprint density at radius 3 is 2.40 bits per heavy atom. The Balaban J connectivity index is 3.96. The summed E-state index contributed by atoms with van der Waals surface area (Å²) < 4.78 is 5.18. The van der Waals surface area contributed by atoms with Crippen LogP contribution >= 0.6 is 0 Å². The van der Waals surface area contributed by atoms with Gasteiger partial charge >= 0.3 is 5.97 Å². The number of hydrogen-bond donors (Lipinski definition) is 1. The first-order valence-electron chi connectivity index (χ1n) is 5.12. The molecule has 2 atom stereocenters. The number of carbonyl (C=O) groups excluding carboxylic acids is 1. The molecule has 15 heavy (non-hydrogen) atoms. The molecule has 0 aromatic heterocycles. The Bertz CT molecular complexity index is 250. The number of nitriles is 1. The maximum absolute atomic E-state index is 11.5. The van der Waals surface area contributed by atoms with E-state index in [-0.39, 0.29) is 17.9 Å². The van der Waals surface area contributed by atoms with E-state index in [1.54, 1.807) is 13.8 Å². The Morgan fingerprint density at radius 2 is 2.00 bits per heavy atom. The molecular weight excluding hydrogens is 192 g/mol. The molecule has 0 aromatic rings. The molecule has 1 N–H and O–H groups in total. The smallest absolute Gasteiger partial charge is 0.323 e. The van der Waals surface area contributed by atoms with Crippen LogP contribution in [0.2, 0.25) is 0 Å². The lowest BCUT2D eigenvalue weighted by molar-refractivity contribution is -0.156. The molecule has 0 heterocycles. The van der Waals surface area contributed by atoms with Crippen molar-refractivity contribution < 1.29 is 9.53 Å². The largest absolute Gasteiger partial charge is 0.459 e. The summed E-state index contributed by atoms with van der Waals surface area (Å²) in [6.45, 7) is 9.52. The molecule has 0 aliphatic carbocycles. The predicted octanol–water partition coefficient (Wildman–Crippen LogP) is 1.47. The fraction of sp³-hybridized carbons (Fsp3) is 0.818. The molecule has 4 nitrogen and oxygen atoms in total. The third kappa shape index (κ3) is 6.92. The molecule has 0 aliphatic heterocycles. The van der Waals surface area contributed by atoms with E-state index in [4.69, 9.17) is 10.00 Å². The average Bonchev–Trinajstić information content (AvgIpc) is 2.10. The van der Waals surface area contributed by atoms with Crippen LogP contribution in [0.1, 0.15) is 34.6 Å². The maximum atomic E-state index is 11.5. The van der Waals surface area contributed by atoms with Gasteiger partial charge in [-0.2, -0.15) is 5.26 Å². The number of carbonyl (C=O) groups is 1. The molecule has 0 spiro atoms. The van der Waals surface area contributed by atoms with Crippen LogP contribution in [-0.2, 0) is 9.53 Å². The van der Waals surface area contributed by atoms with E-state index < -0.39 is 5.60 Å². The third-order valence-electron chi connectivity index (χ3n) is 1.71. The molecule has 0 saturated carbocycles. The molecule has 86 valence electrons. The van der Waals surface area contributed by atoms with Crippen molar-refractivity contribution in [1.82, 2.24) is 5.32 Å². The van der Waals surface area contributed by atoms with Gasteiger partial charge in [-0.25, -0.2) is 0 Å². The molecular formula is C11H20N2O2. The van der Waals surface area contributed by atoms with Gasteiger partial charge < -0.3 is 10.1 Å². The van der Waals surface area contributed by atoms with Crippen LogP contribution in [0.3, 0.4) is 0 Å². The van der Waals surface area contributed by atoms with E-state index in [0.717, 1.165) is 0 Å². The van der Waals surface area contributed by atoms with Crippen molar-refractivity contribution in [2.24, 2.45) is 5.92 Å². The van der Waals surface area contributed by atoms with E-state index >= 15 is 0 Å². The highest BCUT2D eigenvalue weighted by atomic mass is 16.6. The van der Waals surface area contributed by atoms with Crippen LogP contribution in [0, 0.1) is 17.2 Å². The van der Waals surface area contributed by atoms with Crippen LogP contribution in [0.4, 0.5) is 0 Å². The molecule has 0 amide bonds. The molecule has 0 aromatic carbocycles. The lowest BCUT2D eigenvalue weighted by Gasteiger charge is -2.22. The van der Waals surface area contributed by atoms with E-state index in [1.807, 2.05) is 20.8 Å². The van der Waals surface area contributed by atoms with Crippen LogP contribution in [0.15, 0.2) is 0 Å². The molecule has 0 bridgehead atoms. The minimum atomic E-state index is -0.464. The summed E-state index contributed by atoms with van der Waals surface area (Å²) in [6, 6.07) is 1.72. The lowest BCUT2D eigenvalue weighted by Crippen LogP contribution is -2.40. The summed E-state index contributed by atoms with van der Waals surface area (Å²) in [7, 11) is 0. The first-order chi connectivity index (χ1) is 6.76. The van der Waals surface area contributed by atoms with E-state index in [1.165, 1.54) is 0 Å². The topological polar surface area (TPSA) is 62.1 Å². The fourth-order valence-electron chi connectivity index (χ4n) is 0.873. The van der Waals surface area contributed by atoms with Crippen LogP contribution < -0.4 is 5.32 Å². The zero-order chi connectivity index (χ0) is 12.1. The van der Waals surface area contributed by atoms with Crippen molar-refractivity contribution >= 4 is 5.97 Å².